The Hall–Kier alpha value is -2.69. The second-order valence-corrected chi connectivity index (χ2v) is 4.51. The van der Waals surface area contributed by atoms with Gasteiger partial charge in [-0.3, -0.25) is 14.4 Å². The van der Waals surface area contributed by atoms with Crippen LogP contribution in [0.25, 0.3) is 10.8 Å². The third-order valence-electron chi connectivity index (χ3n) is 3.25. The Balaban J connectivity index is 2.14. The maximum atomic E-state index is 12.3. The number of imide groups is 1. The summed E-state index contributed by atoms with van der Waals surface area (Å²) in [6, 6.07) is 10.6. The van der Waals surface area contributed by atoms with Crippen LogP contribution < -0.4 is 0 Å². The number of benzene rings is 2. The minimum absolute atomic E-state index is 0.363. The molecule has 0 unspecified atom stereocenters. The van der Waals surface area contributed by atoms with Crippen LogP contribution in [-0.4, -0.2) is 29.4 Å². The van der Waals surface area contributed by atoms with E-state index in [-0.39, 0.29) is 6.73 Å². The molecule has 1 heterocycles. The molecule has 2 aromatic carbocycles. The van der Waals surface area contributed by atoms with E-state index in [1.807, 2.05) is 12.1 Å². The van der Waals surface area contributed by atoms with Crippen molar-refractivity contribution in [3.63, 3.8) is 0 Å². The first-order chi connectivity index (χ1) is 9.59. The number of amides is 2. The number of esters is 1. The van der Waals surface area contributed by atoms with E-state index in [2.05, 4.69) is 0 Å². The molecule has 0 saturated carbocycles. The number of ether oxygens (including phenoxy) is 1. The van der Waals surface area contributed by atoms with Gasteiger partial charge in [-0.15, -0.1) is 0 Å². The van der Waals surface area contributed by atoms with Crippen molar-refractivity contribution in [2.24, 2.45) is 0 Å². The Morgan fingerprint density at radius 2 is 1.60 bits per heavy atom. The van der Waals surface area contributed by atoms with Crippen LogP contribution in [0.3, 0.4) is 0 Å². The molecule has 1 aliphatic rings. The van der Waals surface area contributed by atoms with Gasteiger partial charge in [0.15, 0.2) is 6.73 Å². The minimum Gasteiger partial charge on any atom is -0.444 e. The number of hydrogen-bond donors (Lipinski definition) is 0. The molecule has 0 spiro atoms. The molecule has 0 atom stereocenters. The smallest absolute Gasteiger partial charge is 0.304 e. The molecule has 0 fully saturated rings. The van der Waals surface area contributed by atoms with E-state index in [1.54, 1.807) is 24.3 Å². The average molecular weight is 269 g/mol. The van der Waals surface area contributed by atoms with Gasteiger partial charge in [-0.25, -0.2) is 4.90 Å². The quantitative estimate of drug-likeness (QED) is 0.617. The summed E-state index contributed by atoms with van der Waals surface area (Å²) >= 11 is 0. The van der Waals surface area contributed by atoms with E-state index in [0.29, 0.717) is 16.5 Å². The van der Waals surface area contributed by atoms with Gasteiger partial charge < -0.3 is 4.74 Å². The summed E-state index contributed by atoms with van der Waals surface area (Å²) in [4.78, 5) is 36.5. The van der Waals surface area contributed by atoms with Gasteiger partial charge in [0.25, 0.3) is 11.8 Å². The molecule has 0 radical (unpaired) electrons. The number of nitrogens with zero attached hydrogens (tertiary/aromatic N) is 1. The molecule has 0 aliphatic carbocycles. The summed E-state index contributed by atoms with van der Waals surface area (Å²) in [5, 5.41) is 1.50. The standard InChI is InChI=1S/C15H11NO4/c1-9(17)20-8-16-14(18)11-6-2-4-10-5-3-7-12(13(10)11)15(16)19/h2-7H,8H2,1H3. The van der Waals surface area contributed by atoms with Crippen molar-refractivity contribution in [3.8, 4) is 0 Å². The van der Waals surface area contributed by atoms with Crippen molar-refractivity contribution in [2.75, 3.05) is 6.73 Å². The van der Waals surface area contributed by atoms with Gasteiger partial charge in [0.2, 0.25) is 0 Å². The van der Waals surface area contributed by atoms with Gasteiger partial charge in [0.05, 0.1) is 0 Å². The molecule has 1 aliphatic heterocycles. The highest BCUT2D eigenvalue weighted by molar-refractivity contribution is 6.25. The van der Waals surface area contributed by atoms with Crippen LogP contribution in [0.5, 0.6) is 0 Å². The van der Waals surface area contributed by atoms with Crippen molar-refractivity contribution in [2.45, 2.75) is 6.92 Å². The Labute approximate surface area is 114 Å². The maximum absolute atomic E-state index is 12.3. The highest BCUT2D eigenvalue weighted by atomic mass is 16.5. The summed E-state index contributed by atoms with van der Waals surface area (Å²) in [6.45, 7) is 0.866. The molecular weight excluding hydrogens is 258 g/mol. The molecule has 0 bridgehead atoms. The summed E-state index contributed by atoms with van der Waals surface area (Å²) in [6.07, 6.45) is 0. The number of hydrogen-bond acceptors (Lipinski definition) is 4. The van der Waals surface area contributed by atoms with E-state index >= 15 is 0 Å². The van der Waals surface area contributed by atoms with Crippen LogP contribution in [0.15, 0.2) is 36.4 Å². The summed E-state index contributed by atoms with van der Waals surface area (Å²) in [5.74, 6) is -1.43. The summed E-state index contributed by atoms with van der Waals surface area (Å²) in [7, 11) is 0. The van der Waals surface area contributed by atoms with E-state index in [9.17, 15) is 14.4 Å². The third kappa shape index (κ3) is 1.75. The highest BCUT2D eigenvalue weighted by Crippen LogP contribution is 2.29. The highest BCUT2D eigenvalue weighted by Gasteiger charge is 2.33. The fourth-order valence-corrected chi connectivity index (χ4v) is 2.35. The zero-order valence-electron chi connectivity index (χ0n) is 10.8. The van der Waals surface area contributed by atoms with E-state index in [0.717, 1.165) is 10.3 Å². The van der Waals surface area contributed by atoms with Crippen molar-refractivity contribution in [3.05, 3.63) is 47.5 Å². The lowest BCUT2D eigenvalue weighted by atomic mass is 9.94. The fraction of sp³-hybridized carbons (Fsp3) is 0.133. The largest absolute Gasteiger partial charge is 0.444 e. The topological polar surface area (TPSA) is 63.7 Å². The molecule has 3 rings (SSSR count). The number of rotatable bonds is 2. The Morgan fingerprint density at radius 3 is 2.10 bits per heavy atom. The van der Waals surface area contributed by atoms with E-state index in [1.165, 1.54) is 6.92 Å². The van der Waals surface area contributed by atoms with Gasteiger partial charge in [-0.2, -0.15) is 0 Å². The summed E-state index contributed by atoms with van der Waals surface area (Å²) in [5.41, 5.74) is 0.898. The Morgan fingerprint density at radius 1 is 1.05 bits per heavy atom. The predicted octanol–water partition coefficient (Wildman–Crippen LogP) is 1.96. The lowest BCUT2D eigenvalue weighted by Gasteiger charge is -2.26. The summed E-state index contributed by atoms with van der Waals surface area (Å²) < 4.78 is 4.78. The molecular formula is C15H11NO4. The average Bonchev–Trinajstić information content (AvgIpc) is 2.44. The molecule has 100 valence electrons. The zero-order chi connectivity index (χ0) is 14.3. The molecule has 0 aromatic heterocycles. The van der Waals surface area contributed by atoms with Gasteiger partial charge in [0, 0.05) is 23.4 Å². The minimum atomic E-state index is -0.539. The first kappa shape index (κ1) is 12.3. The van der Waals surface area contributed by atoms with Crippen LogP contribution in [-0.2, 0) is 9.53 Å². The van der Waals surface area contributed by atoms with Gasteiger partial charge >= 0.3 is 5.97 Å². The van der Waals surface area contributed by atoms with Crippen LogP contribution in [0.4, 0.5) is 0 Å². The molecule has 0 N–H and O–H groups in total. The number of carbonyl (C=O) groups is 3. The second-order valence-electron chi connectivity index (χ2n) is 4.51. The normalized spacial score (nSPS) is 13.8. The van der Waals surface area contributed by atoms with Crippen molar-refractivity contribution in [1.82, 2.24) is 4.90 Å². The molecule has 2 amide bonds. The number of carbonyl (C=O) groups excluding carboxylic acids is 3. The maximum Gasteiger partial charge on any atom is 0.304 e. The zero-order valence-corrected chi connectivity index (χ0v) is 10.8. The van der Waals surface area contributed by atoms with E-state index < -0.39 is 17.8 Å². The first-order valence-corrected chi connectivity index (χ1v) is 6.11. The third-order valence-corrected chi connectivity index (χ3v) is 3.25. The SMILES string of the molecule is CC(=O)OCN1C(=O)c2cccc3cccc(c23)C1=O. The van der Waals surface area contributed by atoms with Crippen LogP contribution >= 0.6 is 0 Å². The lowest BCUT2D eigenvalue weighted by Crippen LogP contribution is -2.42. The Kier molecular flexibility index (Phi) is 2.75. The first-order valence-electron chi connectivity index (χ1n) is 6.11. The van der Waals surface area contributed by atoms with Crippen molar-refractivity contribution < 1.29 is 19.1 Å². The van der Waals surface area contributed by atoms with E-state index in [4.69, 9.17) is 4.74 Å². The molecule has 0 saturated heterocycles. The van der Waals surface area contributed by atoms with Crippen LogP contribution in [0.2, 0.25) is 0 Å². The molecule has 20 heavy (non-hydrogen) atoms. The monoisotopic (exact) mass is 269 g/mol. The Bertz CT molecular complexity index is 700. The molecule has 2 aromatic rings. The van der Waals surface area contributed by atoms with Gasteiger partial charge in [-0.05, 0) is 17.5 Å². The second kappa shape index (κ2) is 4.45. The van der Waals surface area contributed by atoms with Crippen LogP contribution in [0.1, 0.15) is 27.6 Å². The predicted molar refractivity (Wildman–Crippen MR) is 71.1 cm³/mol. The van der Waals surface area contributed by atoms with Gasteiger partial charge in [-0.1, -0.05) is 24.3 Å². The lowest BCUT2D eigenvalue weighted by molar-refractivity contribution is -0.143. The fourth-order valence-electron chi connectivity index (χ4n) is 2.35. The molecule has 5 heteroatoms. The van der Waals surface area contributed by atoms with Crippen molar-refractivity contribution >= 4 is 28.6 Å². The van der Waals surface area contributed by atoms with Crippen LogP contribution in [0, 0.1) is 0 Å². The molecule has 5 nitrogen and oxygen atoms in total. The van der Waals surface area contributed by atoms with Crippen molar-refractivity contribution in [1.29, 1.82) is 0 Å². The van der Waals surface area contributed by atoms with Gasteiger partial charge in [0.1, 0.15) is 0 Å².